The minimum absolute atomic E-state index is 0.0382. The van der Waals surface area contributed by atoms with Gasteiger partial charge in [-0.2, -0.15) is 0 Å². The molecule has 0 bridgehead atoms. The average molecular weight is 400 g/mol. The zero-order valence-electron chi connectivity index (χ0n) is 15.3. The average Bonchev–Trinajstić information content (AvgIpc) is 3.01. The van der Waals surface area contributed by atoms with Gasteiger partial charge in [-0.15, -0.1) is 0 Å². The van der Waals surface area contributed by atoms with Crippen molar-refractivity contribution in [2.24, 2.45) is 0 Å². The van der Waals surface area contributed by atoms with Crippen molar-refractivity contribution in [3.8, 4) is 0 Å². The lowest BCUT2D eigenvalue weighted by atomic mass is 9.87. The van der Waals surface area contributed by atoms with E-state index >= 15 is 0 Å². The van der Waals surface area contributed by atoms with Gasteiger partial charge in [-0.3, -0.25) is 30.3 Å². The molecular formula is C18H16N4O5S. The minimum Gasteiger partial charge on any atom is -0.298 e. The van der Waals surface area contributed by atoms with Gasteiger partial charge in [0.1, 0.15) is 0 Å². The monoisotopic (exact) mass is 400 g/mol. The van der Waals surface area contributed by atoms with Crippen LogP contribution in [0.1, 0.15) is 36.7 Å². The number of nitro groups is 2. The molecule has 3 rings (SSSR count). The number of anilines is 1. The summed E-state index contributed by atoms with van der Waals surface area (Å²) in [6.07, 6.45) is 0. The predicted octanol–water partition coefficient (Wildman–Crippen LogP) is 4.66. The van der Waals surface area contributed by atoms with Crippen LogP contribution in [0.4, 0.5) is 16.5 Å². The Bertz CT molecular complexity index is 1080. The van der Waals surface area contributed by atoms with Crippen molar-refractivity contribution in [1.82, 2.24) is 4.98 Å². The van der Waals surface area contributed by atoms with E-state index in [1.54, 1.807) is 0 Å². The number of nitrogens with zero attached hydrogens (tertiary/aromatic N) is 3. The van der Waals surface area contributed by atoms with Crippen LogP contribution in [0, 0.1) is 20.2 Å². The third kappa shape index (κ3) is 3.96. The lowest BCUT2D eigenvalue weighted by Gasteiger charge is -2.18. The van der Waals surface area contributed by atoms with Crippen molar-refractivity contribution in [2.75, 3.05) is 5.32 Å². The molecule has 0 radical (unpaired) electrons. The summed E-state index contributed by atoms with van der Waals surface area (Å²) < 4.78 is 0.882. The summed E-state index contributed by atoms with van der Waals surface area (Å²) in [6, 6.07) is 8.63. The van der Waals surface area contributed by atoms with Crippen molar-refractivity contribution < 1.29 is 14.6 Å². The van der Waals surface area contributed by atoms with Gasteiger partial charge in [-0.05, 0) is 23.1 Å². The summed E-state index contributed by atoms with van der Waals surface area (Å²) in [4.78, 5) is 37.2. The van der Waals surface area contributed by atoms with Gasteiger partial charge in [0.2, 0.25) is 0 Å². The number of rotatable bonds is 4. The number of nitrogens with one attached hydrogen (secondary N) is 1. The van der Waals surface area contributed by atoms with Crippen molar-refractivity contribution in [1.29, 1.82) is 0 Å². The van der Waals surface area contributed by atoms with Crippen LogP contribution in [-0.4, -0.2) is 20.7 Å². The SMILES string of the molecule is CC(C)(C)c1ccc2nc(NC(=O)c3cc([N+](=O)[O-])cc([N+](=O)[O-])c3)sc2c1. The molecule has 2 aromatic carbocycles. The standard InChI is InChI=1S/C18H16N4O5S/c1-18(2,3)11-4-5-14-15(8-11)28-17(19-14)20-16(23)10-6-12(21(24)25)9-13(7-10)22(26)27/h4-9H,1-3H3,(H,19,20,23). The van der Waals surface area contributed by atoms with E-state index in [-0.39, 0.29) is 11.0 Å². The number of non-ortho nitro benzene ring substituents is 2. The van der Waals surface area contributed by atoms with Crippen LogP contribution in [0.3, 0.4) is 0 Å². The van der Waals surface area contributed by atoms with E-state index in [4.69, 9.17) is 0 Å². The summed E-state index contributed by atoms with van der Waals surface area (Å²) in [7, 11) is 0. The second-order valence-corrected chi connectivity index (χ2v) is 8.19. The first-order valence-corrected chi connectivity index (χ1v) is 9.02. The molecule has 1 aromatic heterocycles. The fourth-order valence-corrected chi connectivity index (χ4v) is 3.45. The normalized spacial score (nSPS) is 11.4. The van der Waals surface area contributed by atoms with Crippen molar-refractivity contribution in [3.05, 3.63) is 67.8 Å². The fourth-order valence-electron chi connectivity index (χ4n) is 2.55. The van der Waals surface area contributed by atoms with E-state index in [0.717, 1.165) is 28.5 Å². The maximum atomic E-state index is 12.5. The Kier molecular flexibility index (Phi) is 4.82. The van der Waals surface area contributed by atoms with Crippen molar-refractivity contribution in [2.45, 2.75) is 26.2 Å². The van der Waals surface area contributed by atoms with Gasteiger partial charge in [0.25, 0.3) is 17.3 Å². The lowest BCUT2D eigenvalue weighted by molar-refractivity contribution is -0.394. The third-order valence-corrected chi connectivity index (χ3v) is 4.99. The van der Waals surface area contributed by atoms with Crippen LogP contribution < -0.4 is 5.32 Å². The van der Waals surface area contributed by atoms with E-state index in [0.29, 0.717) is 10.6 Å². The van der Waals surface area contributed by atoms with Crippen LogP contribution in [0.2, 0.25) is 0 Å². The number of carbonyl (C=O) groups is 1. The Balaban J connectivity index is 1.92. The Morgan fingerprint density at radius 1 is 1.04 bits per heavy atom. The Morgan fingerprint density at radius 3 is 2.18 bits per heavy atom. The van der Waals surface area contributed by atoms with Gasteiger partial charge in [0, 0.05) is 12.1 Å². The van der Waals surface area contributed by atoms with E-state index in [1.165, 1.54) is 11.3 Å². The molecule has 0 unspecified atom stereocenters. The molecule has 144 valence electrons. The van der Waals surface area contributed by atoms with Gasteiger partial charge in [-0.25, -0.2) is 4.98 Å². The van der Waals surface area contributed by atoms with Crippen LogP contribution >= 0.6 is 11.3 Å². The first-order chi connectivity index (χ1) is 13.0. The van der Waals surface area contributed by atoms with E-state index in [1.807, 2.05) is 18.2 Å². The van der Waals surface area contributed by atoms with E-state index in [2.05, 4.69) is 31.1 Å². The molecule has 1 N–H and O–H groups in total. The van der Waals surface area contributed by atoms with Crippen LogP contribution in [-0.2, 0) is 5.41 Å². The highest BCUT2D eigenvalue weighted by molar-refractivity contribution is 7.22. The number of fused-ring (bicyclic) bond motifs is 1. The molecule has 9 nitrogen and oxygen atoms in total. The Labute approximate surface area is 163 Å². The maximum absolute atomic E-state index is 12.5. The zero-order valence-corrected chi connectivity index (χ0v) is 16.1. The molecule has 1 heterocycles. The van der Waals surface area contributed by atoms with Gasteiger partial charge < -0.3 is 0 Å². The molecule has 10 heteroatoms. The number of amides is 1. The zero-order chi connectivity index (χ0) is 20.6. The molecular weight excluding hydrogens is 384 g/mol. The number of hydrogen-bond acceptors (Lipinski definition) is 7. The van der Waals surface area contributed by atoms with Gasteiger partial charge in [0.15, 0.2) is 5.13 Å². The van der Waals surface area contributed by atoms with Crippen LogP contribution in [0.15, 0.2) is 36.4 Å². The first-order valence-electron chi connectivity index (χ1n) is 8.21. The molecule has 0 saturated heterocycles. The molecule has 0 saturated carbocycles. The Hall–Kier alpha value is -3.40. The molecule has 28 heavy (non-hydrogen) atoms. The second-order valence-electron chi connectivity index (χ2n) is 7.16. The van der Waals surface area contributed by atoms with Crippen molar-refractivity contribution in [3.63, 3.8) is 0 Å². The smallest absolute Gasteiger partial charge is 0.277 e. The molecule has 1 amide bonds. The summed E-state index contributed by atoms with van der Waals surface area (Å²) in [5.41, 5.74) is 0.547. The number of aromatic nitrogens is 1. The largest absolute Gasteiger partial charge is 0.298 e. The Morgan fingerprint density at radius 2 is 1.64 bits per heavy atom. The molecule has 0 aliphatic carbocycles. The highest BCUT2D eigenvalue weighted by Gasteiger charge is 2.21. The molecule has 0 atom stereocenters. The number of nitro benzene ring substituents is 2. The van der Waals surface area contributed by atoms with E-state index < -0.39 is 27.1 Å². The number of thiazole rings is 1. The molecule has 0 aliphatic heterocycles. The predicted molar refractivity (Wildman–Crippen MR) is 106 cm³/mol. The summed E-state index contributed by atoms with van der Waals surface area (Å²) in [6.45, 7) is 6.27. The van der Waals surface area contributed by atoms with Gasteiger partial charge >= 0.3 is 0 Å². The van der Waals surface area contributed by atoms with Gasteiger partial charge in [0.05, 0.1) is 31.7 Å². The lowest BCUT2D eigenvalue weighted by Crippen LogP contribution is -2.12. The first kappa shape index (κ1) is 19.4. The number of carbonyl (C=O) groups excluding carboxylic acids is 1. The molecule has 0 spiro atoms. The maximum Gasteiger partial charge on any atom is 0.277 e. The quantitative estimate of drug-likeness (QED) is 0.501. The summed E-state index contributed by atoms with van der Waals surface area (Å²) in [5, 5.41) is 24.8. The highest BCUT2D eigenvalue weighted by Crippen LogP contribution is 2.31. The fraction of sp³-hybridized carbons (Fsp3) is 0.222. The third-order valence-electron chi connectivity index (χ3n) is 4.06. The van der Waals surface area contributed by atoms with Gasteiger partial charge in [-0.1, -0.05) is 38.2 Å². The van der Waals surface area contributed by atoms with Crippen LogP contribution in [0.25, 0.3) is 10.2 Å². The van der Waals surface area contributed by atoms with Crippen molar-refractivity contribution >= 4 is 44.0 Å². The molecule has 0 aliphatic rings. The molecule has 0 fully saturated rings. The van der Waals surface area contributed by atoms with Crippen LogP contribution in [0.5, 0.6) is 0 Å². The topological polar surface area (TPSA) is 128 Å². The highest BCUT2D eigenvalue weighted by atomic mass is 32.1. The summed E-state index contributed by atoms with van der Waals surface area (Å²) in [5.74, 6) is -0.707. The summed E-state index contributed by atoms with van der Waals surface area (Å²) >= 11 is 1.26. The second kappa shape index (κ2) is 6.97. The number of benzene rings is 2. The van der Waals surface area contributed by atoms with E-state index in [9.17, 15) is 25.0 Å². The molecule has 3 aromatic rings. The minimum atomic E-state index is -0.782. The number of hydrogen-bond donors (Lipinski definition) is 1.